The number of halogens is 2. The Hall–Kier alpha value is -1.62. The third-order valence-corrected chi connectivity index (χ3v) is 3.67. The number of amides is 2. The number of nitrogens with one attached hydrogen (secondary N) is 1. The van der Waals surface area contributed by atoms with Gasteiger partial charge in [0.25, 0.3) is 5.91 Å². The summed E-state index contributed by atoms with van der Waals surface area (Å²) in [6.07, 6.45) is 0.373. The topological polar surface area (TPSA) is 49.4 Å². The number of anilines is 1. The Morgan fingerprint density at radius 3 is 2.60 bits per heavy atom. The minimum absolute atomic E-state index is 0.0334. The average Bonchev–Trinajstić information content (AvgIpc) is 2.34. The molecule has 0 radical (unpaired) electrons. The maximum absolute atomic E-state index is 14.1. The molecule has 6 heteroatoms. The summed E-state index contributed by atoms with van der Waals surface area (Å²) in [6, 6.07) is 3.42. The molecule has 0 aromatic heterocycles. The van der Waals surface area contributed by atoms with E-state index in [4.69, 9.17) is 11.6 Å². The summed E-state index contributed by atoms with van der Waals surface area (Å²) >= 11 is 6.03. The SMILES string of the molecule is CCC1C(=O)NC(C)(C)C(=O)N1c1c(F)cccc1Cl. The van der Waals surface area contributed by atoms with Crippen molar-refractivity contribution >= 4 is 29.1 Å². The summed E-state index contributed by atoms with van der Waals surface area (Å²) in [5.41, 5.74) is -1.12. The van der Waals surface area contributed by atoms with E-state index in [2.05, 4.69) is 5.32 Å². The van der Waals surface area contributed by atoms with Crippen LogP contribution in [0.15, 0.2) is 18.2 Å². The molecule has 1 aromatic carbocycles. The summed E-state index contributed by atoms with van der Waals surface area (Å²) in [5.74, 6) is -1.30. The van der Waals surface area contributed by atoms with Crippen LogP contribution in [0.4, 0.5) is 10.1 Å². The highest BCUT2D eigenvalue weighted by Gasteiger charge is 2.46. The molecule has 1 aromatic rings. The van der Waals surface area contributed by atoms with Gasteiger partial charge in [-0.25, -0.2) is 4.39 Å². The molecule has 1 aliphatic heterocycles. The van der Waals surface area contributed by atoms with Crippen molar-refractivity contribution in [3.05, 3.63) is 29.0 Å². The van der Waals surface area contributed by atoms with Crippen molar-refractivity contribution in [2.75, 3.05) is 4.90 Å². The minimum Gasteiger partial charge on any atom is -0.340 e. The molecular weight excluding hydrogens is 283 g/mol. The predicted octanol–water partition coefficient (Wildman–Crippen LogP) is 2.50. The Balaban J connectivity index is 2.60. The fourth-order valence-corrected chi connectivity index (χ4v) is 2.60. The van der Waals surface area contributed by atoms with Crippen LogP contribution in [0.25, 0.3) is 0 Å². The van der Waals surface area contributed by atoms with E-state index < -0.39 is 17.4 Å². The van der Waals surface area contributed by atoms with Gasteiger partial charge in [0.15, 0.2) is 0 Å². The smallest absolute Gasteiger partial charge is 0.253 e. The predicted molar refractivity (Wildman–Crippen MR) is 75.2 cm³/mol. The molecule has 108 valence electrons. The number of carbonyl (C=O) groups excluding carboxylic acids is 2. The molecule has 0 aliphatic carbocycles. The number of nitrogens with zero attached hydrogens (tertiary/aromatic N) is 1. The Labute approximate surface area is 121 Å². The highest BCUT2D eigenvalue weighted by Crippen LogP contribution is 2.34. The number of hydrogen-bond acceptors (Lipinski definition) is 2. The van der Waals surface area contributed by atoms with Crippen molar-refractivity contribution in [1.82, 2.24) is 5.32 Å². The summed E-state index contributed by atoms with van der Waals surface area (Å²) in [7, 11) is 0. The van der Waals surface area contributed by atoms with Gasteiger partial charge in [-0.2, -0.15) is 0 Å². The van der Waals surface area contributed by atoms with Crippen LogP contribution >= 0.6 is 11.6 Å². The summed E-state index contributed by atoms with van der Waals surface area (Å²) in [5, 5.41) is 2.76. The van der Waals surface area contributed by atoms with Gasteiger partial charge in [0, 0.05) is 0 Å². The molecule has 1 heterocycles. The van der Waals surface area contributed by atoms with Crippen LogP contribution in [-0.2, 0) is 9.59 Å². The Morgan fingerprint density at radius 2 is 2.05 bits per heavy atom. The Morgan fingerprint density at radius 1 is 1.40 bits per heavy atom. The minimum atomic E-state index is -1.09. The van der Waals surface area contributed by atoms with E-state index in [9.17, 15) is 14.0 Å². The third-order valence-electron chi connectivity index (χ3n) is 3.37. The molecule has 0 bridgehead atoms. The average molecular weight is 299 g/mol. The standard InChI is InChI=1S/C14H16ClFN2O2/c1-4-10-12(19)17-14(2,3)13(20)18(10)11-8(15)6-5-7-9(11)16/h5-7,10H,4H2,1-3H3,(H,17,19). The van der Waals surface area contributed by atoms with Gasteiger partial charge in [-0.3, -0.25) is 14.5 Å². The van der Waals surface area contributed by atoms with Gasteiger partial charge in [0.2, 0.25) is 5.91 Å². The molecule has 1 N–H and O–H groups in total. The lowest BCUT2D eigenvalue weighted by Gasteiger charge is -2.42. The van der Waals surface area contributed by atoms with Crippen molar-refractivity contribution < 1.29 is 14.0 Å². The van der Waals surface area contributed by atoms with E-state index in [1.807, 2.05) is 0 Å². The van der Waals surface area contributed by atoms with Crippen molar-refractivity contribution in [2.45, 2.75) is 38.8 Å². The lowest BCUT2D eigenvalue weighted by atomic mass is 9.95. The van der Waals surface area contributed by atoms with E-state index in [0.717, 1.165) is 0 Å². The van der Waals surface area contributed by atoms with Gasteiger partial charge in [-0.1, -0.05) is 24.6 Å². The molecule has 20 heavy (non-hydrogen) atoms. The first-order valence-corrected chi connectivity index (χ1v) is 6.77. The van der Waals surface area contributed by atoms with Gasteiger partial charge < -0.3 is 5.32 Å². The normalized spacial score (nSPS) is 21.9. The first kappa shape index (κ1) is 14.8. The molecule has 1 aliphatic rings. The van der Waals surface area contributed by atoms with Gasteiger partial charge in [0.1, 0.15) is 17.4 Å². The zero-order valence-corrected chi connectivity index (χ0v) is 12.3. The highest BCUT2D eigenvalue weighted by atomic mass is 35.5. The second-order valence-corrected chi connectivity index (χ2v) is 5.69. The molecule has 1 saturated heterocycles. The molecular formula is C14H16ClFN2O2. The third kappa shape index (κ3) is 2.26. The van der Waals surface area contributed by atoms with Crippen molar-refractivity contribution in [2.24, 2.45) is 0 Å². The molecule has 0 spiro atoms. The number of rotatable bonds is 2. The van der Waals surface area contributed by atoms with E-state index >= 15 is 0 Å². The summed E-state index contributed by atoms with van der Waals surface area (Å²) in [4.78, 5) is 25.9. The van der Waals surface area contributed by atoms with Gasteiger partial charge in [-0.15, -0.1) is 0 Å². The zero-order valence-electron chi connectivity index (χ0n) is 11.5. The van der Waals surface area contributed by atoms with E-state index in [1.54, 1.807) is 20.8 Å². The van der Waals surface area contributed by atoms with Crippen molar-refractivity contribution in [3.8, 4) is 0 Å². The molecule has 2 rings (SSSR count). The van der Waals surface area contributed by atoms with Gasteiger partial charge >= 0.3 is 0 Å². The zero-order chi connectivity index (χ0) is 15.1. The molecule has 0 saturated carbocycles. The molecule has 1 unspecified atom stereocenters. The second-order valence-electron chi connectivity index (χ2n) is 5.28. The number of benzene rings is 1. The fourth-order valence-electron chi connectivity index (χ4n) is 2.35. The maximum Gasteiger partial charge on any atom is 0.253 e. The van der Waals surface area contributed by atoms with E-state index in [1.165, 1.54) is 23.1 Å². The largest absolute Gasteiger partial charge is 0.340 e. The van der Waals surface area contributed by atoms with Crippen LogP contribution in [0.3, 0.4) is 0 Å². The van der Waals surface area contributed by atoms with Crippen LogP contribution in [-0.4, -0.2) is 23.4 Å². The molecule has 1 atom stereocenters. The van der Waals surface area contributed by atoms with Gasteiger partial charge in [0.05, 0.1) is 10.7 Å². The monoisotopic (exact) mass is 298 g/mol. The molecule has 4 nitrogen and oxygen atoms in total. The van der Waals surface area contributed by atoms with Crippen molar-refractivity contribution in [3.63, 3.8) is 0 Å². The van der Waals surface area contributed by atoms with E-state index in [-0.39, 0.29) is 22.5 Å². The van der Waals surface area contributed by atoms with Gasteiger partial charge in [-0.05, 0) is 32.4 Å². The number of para-hydroxylation sites is 1. The quantitative estimate of drug-likeness (QED) is 0.912. The van der Waals surface area contributed by atoms with Crippen LogP contribution in [0.2, 0.25) is 5.02 Å². The van der Waals surface area contributed by atoms with E-state index in [0.29, 0.717) is 6.42 Å². The number of carbonyl (C=O) groups is 2. The van der Waals surface area contributed by atoms with Crippen LogP contribution in [0.1, 0.15) is 27.2 Å². The van der Waals surface area contributed by atoms with Crippen LogP contribution in [0, 0.1) is 5.82 Å². The summed E-state index contributed by atoms with van der Waals surface area (Å²) < 4.78 is 14.1. The second kappa shape index (κ2) is 5.05. The molecule has 1 fully saturated rings. The van der Waals surface area contributed by atoms with Crippen LogP contribution < -0.4 is 10.2 Å². The Bertz CT molecular complexity index is 554. The lowest BCUT2D eigenvalue weighted by Crippen LogP contribution is -2.68. The highest BCUT2D eigenvalue weighted by molar-refractivity contribution is 6.34. The number of hydrogen-bond donors (Lipinski definition) is 1. The maximum atomic E-state index is 14.1. The number of piperazine rings is 1. The van der Waals surface area contributed by atoms with Crippen LogP contribution in [0.5, 0.6) is 0 Å². The Kier molecular flexibility index (Phi) is 3.73. The lowest BCUT2D eigenvalue weighted by molar-refractivity contribution is -0.137. The van der Waals surface area contributed by atoms with Crippen molar-refractivity contribution in [1.29, 1.82) is 0 Å². The first-order chi connectivity index (χ1) is 9.29. The summed E-state index contributed by atoms with van der Waals surface area (Å²) in [6.45, 7) is 4.93. The fraction of sp³-hybridized carbons (Fsp3) is 0.429. The first-order valence-electron chi connectivity index (χ1n) is 6.39. The molecule has 2 amide bonds.